The van der Waals surface area contributed by atoms with E-state index in [0.717, 1.165) is 39.2 Å². The highest BCUT2D eigenvalue weighted by Gasteiger charge is 2.16. The maximum Gasteiger partial charge on any atom is 0.120 e. The summed E-state index contributed by atoms with van der Waals surface area (Å²) in [6, 6.07) is 19.1. The van der Waals surface area contributed by atoms with Gasteiger partial charge in [-0.15, -0.1) is 0 Å². The van der Waals surface area contributed by atoms with Crippen molar-refractivity contribution in [1.82, 2.24) is 9.55 Å². The molecule has 0 spiro atoms. The van der Waals surface area contributed by atoms with Crippen molar-refractivity contribution < 1.29 is 14.0 Å². The Bertz CT molecular complexity index is 1310. The third-order valence-corrected chi connectivity index (χ3v) is 5.19. The second kappa shape index (κ2) is 7.54. The van der Waals surface area contributed by atoms with Gasteiger partial charge in [0.25, 0.3) is 0 Å². The van der Waals surface area contributed by atoms with Crippen molar-refractivity contribution in [1.29, 1.82) is 0 Å². The number of aromatic nitrogens is 2. The summed E-state index contributed by atoms with van der Waals surface area (Å²) in [5, 5.41) is 10.5. The number of hydrogen-bond donors (Lipinski definition) is 1. The monoisotopic (exact) mass is 417 g/mol. The van der Waals surface area contributed by atoms with E-state index in [2.05, 4.69) is 11.1 Å². The average Bonchev–Trinajstić information content (AvgIpc) is 3.14. The molecule has 0 aliphatic carbocycles. The molecule has 0 aliphatic rings. The SMILES string of the molecule is [2H]C([2H])([2H])C(C)(O)c1ccc(-c2cc3c(cc2C)ncn3-c2ccc(OC(C)(C)C)cc2)cc1. The van der Waals surface area contributed by atoms with E-state index < -0.39 is 12.5 Å². The lowest BCUT2D eigenvalue weighted by atomic mass is 9.94. The molecule has 4 nitrogen and oxygen atoms in total. The molecule has 1 atom stereocenters. The van der Waals surface area contributed by atoms with Crippen molar-refractivity contribution in [2.45, 2.75) is 52.7 Å². The van der Waals surface area contributed by atoms with Crippen molar-refractivity contribution in [3.05, 3.63) is 78.1 Å². The van der Waals surface area contributed by atoms with Crippen LogP contribution in [0.5, 0.6) is 5.75 Å². The molecule has 0 amide bonds. The van der Waals surface area contributed by atoms with E-state index in [-0.39, 0.29) is 5.60 Å². The summed E-state index contributed by atoms with van der Waals surface area (Å²) in [5.74, 6) is 0.810. The van der Waals surface area contributed by atoms with Crippen LogP contribution >= 0.6 is 0 Å². The first-order valence-electron chi connectivity index (χ1n) is 11.9. The topological polar surface area (TPSA) is 47.3 Å². The highest BCUT2D eigenvalue weighted by molar-refractivity contribution is 5.85. The lowest BCUT2D eigenvalue weighted by molar-refractivity contribution is 0.0786. The van der Waals surface area contributed by atoms with Crippen molar-refractivity contribution in [2.24, 2.45) is 0 Å². The van der Waals surface area contributed by atoms with Crippen LogP contribution in [0.25, 0.3) is 27.8 Å². The van der Waals surface area contributed by atoms with Gasteiger partial charge in [-0.25, -0.2) is 4.98 Å². The number of benzene rings is 3. The van der Waals surface area contributed by atoms with E-state index in [1.165, 1.54) is 6.92 Å². The van der Waals surface area contributed by atoms with E-state index in [1.54, 1.807) is 12.1 Å². The number of ether oxygens (including phenoxy) is 1. The van der Waals surface area contributed by atoms with E-state index >= 15 is 0 Å². The molecule has 1 unspecified atom stereocenters. The van der Waals surface area contributed by atoms with Gasteiger partial charge in [0, 0.05) is 9.80 Å². The Morgan fingerprint density at radius 3 is 2.26 bits per heavy atom. The molecule has 0 radical (unpaired) electrons. The predicted octanol–water partition coefficient (Wildman–Crippen LogP) is 6.41. The van der Waals surface area contributed by atoms with Gasteiger partial charge in [-0.1, -0.05) is 24.3 Å². The van der Waals surface area contributed by atoms with Crippen LogP contribution in [0.3, 0.4) is 0 Å². The van der Waals surface area contributed by atoms with Gasteiger partial charge in [0.2, 0.25) is 0 Å². The van der Waals surface area contributed by atoms with Crippen molar-refractivity contribution in [3.63, 3.8) is 0 Å². The maximum atomic E-state index is 10.5. The molecule has 0 aliphatic heterocycles. The lowest BCUT2D eigenvalue weighted by Gasteiger charge is -2.21. The third-order valence-electron chi connectivity index (χ3n) is 5.19. The summed E-state index contributed by atoms with van der Waals surface area (Å²) in [6.45, 7) is 6.89. The van der Waals surface area contributed by atoms with E-state index in [4.69, 9.17) is 8.85 Å². The van der Waals surface area contributed by atoms with Crippen molar-refractivity contribution in [3.8, 4) is 22.6 Å². The number of nitrogens with zero attached hydrogens (tertiary/aromatic N) is 2. The van der Waals surface area contributed by atoms with E-state index in [0.29, 0.717) is 5.56 Å². The zero-order chi connectivity index (χ0) is 24.9. The molecule has 0 saturated carbocycles. The molecule has 3 aromatic carbocycles. The van der Waals surface area contributed by atoms with Crippen LogP contribution in [0.4, 0.5) is 0 Å². The highest BCUT2D eigenvalue weighted by Crippen LogP contribution is 2.31. The minimum atomic E-state index is -2.51. The molecular weight excluding hydrogens is 384 g/mol. The largest absolute Gasteiger partial charge is 0.488 e. The van der Waals surface area contributed by atoms with Crippen LogP contribution in [0.2, 0.25) is 0 Å². The molecule has 4 heteroatoms. The summed E-state index contributed by atoms with van der Waals surface area (Å²) in [5.41, 5.74) is 4.02. The summed E-state index contributed by atoms with van der Waals surface area (Å²) in [6.07, 6.45) is 1.81. The number of aliphatic hydroxyl groups is 1. The number of hydrogen-bond acceptors (Lipinski definition) is 3. The maximum absolute atomic E-state index is 10.5. The third kappa shape index (κ3) is 4.49. The first-order valence-corrected chi connectivity index (χ1v) is 10.4. The molecule has 1 aromatic heterocycles. The minimum absolute atomic E-state index is 0.262. The first kappa shape index (κ1) is 17.6. The Hall–Kier alpha value is -3.11. The molecule has 1 heterocycles. The Balaban J connectivity index is 1.71. The number of aryl methyl sites for hydroxylation is 1. The fourth-order valence-corrected chi connectivity index (χ4v) is 3.68. The Morgan fingerprint density at radius 2 is 1.65 bits per heavy atom. The fourth-order valence-electron chi connectivity index (χ4n) is 3.68. The Morgan fingerprint density at radius 1 is 0.968 bits per heavy atom. The van der Waals surface area contributed by atoms with Crippen molar-refractivity contribution >= 4 is 11.0 Å². The zero-order valence-corrected chi connectivity index (χ0v) is 18.6. The number of imidazole rings is 1. The van der Waals surface area contributed by atoms with Gasteiger partial charge in [0.05, 0.1) is 16.6 Å². The van der Waals surface area contributed by atoms with Gasteiger partial charge in [0.1, 0.15) is 17.7 Å². The quantitative estimate of drug-likeness (QED) is 0.418. The van der Waals surface area contributed by atoms with Crippen LogP contribution in [-0.2, 0) is 5.60 Å². The second-order valence-electron chi connectivity index (χ2n) is 9.13. The highest BCUT2D eigenvalue weighted by atomic mass is 16.5. The molecule has 0 bridgehead atoms. The van der Waals surface area contributed by atoms with Gasteiger partial charge in [-0.05, 0) is 100 Å². The smallest absolute Gasteiger partial charge is 0.120 e. The molecule has 4 aromatic rings. The molecule has 1 N–H and O–H groups in total. The molecular formula is C27H30N2O2. The summed E-state index contributed by atoms with van der Waals surface area (Å²) >= 11 is 0. The van der Waals surface area contributed by atoms with Gasteiger partial charge in [-0.2, -0.15) is 0 Å². The average molecular weight is 418 g/mol. The summed E-state index contributed by atoms with van der Waals surface area (Å²) in [7, 11) is 0. The normalized spacial score (nSPS) is 15.7. The number of fused-ring (bicyclic) bond motifs is 1. The van der Waals surface area contributed by atoms with Gasteiger partial charge < -0.3 is 9.84 Å². The lowest BCUT2D eigenvalue weighted by Crippen LogP contribution is -2.22. The standard InChI is InChI=1S/C27H30N2O2/c1-18-15-24-25(16-23(18)19-7-9-20(10-8-19)27(5,6)30)29(17-28-24)21-11-13-22(14-12-21)31-26(2,3)4/h7-17,30H,1-6H3/i5D3. The van der Waals surface area contributed by atoms with Crippen LogP contribution in [-0.4, -0.2) is 20.3 Å². The first-order chi connectivity index (χ1) is 15.8. The van der Waals surface area contributed by atoms with Gasteiger partial charge in [0.15, 0.2) is 0 Å². The fraction of sp³-hybridized carbons (Fsp3) is 0.296. The van der Waals surface area contributed by atoms with Crippen LogP contribution < -0.4 is 4.74 Å². The zero-order valence-electron chi connectivity index (χ0n) is 21.6. The van der Waals surface area contributed by atoms with Gasteiger partial charge >= 0.3 is 0 Å². The number of rotatable bonds is 4. The second-order valence-corrected chi connectivity index (χ2v) is 9.13. The van der Waals surface area contributed by atoms with E-state index in [1.807, 2.05) is 81.1 Å². The predicted molar refractivity (Wildman–Crippen MR) is 127 cm³/mol. The van der Waals surface area contributed by atoms with Crippen molar-refractivity contribution in [2.75, 3.05) is 0 Å². The molecule has 160 valence electrons. The Labute approximate surface area is 188 Å². The van der Waals surface area contributed by atoms with Crippen LogP contribution in [0.15, 0.2) is 67.0 Å². The molecule has 0 saturated heterocycles. The summed E-state index contributed by atoms with van der Waals surface area (Å²) in [4.78, 5) is 4.58. The molecule has 4 rings (SSSR count). The summed E-state index contributed by atoms with van der Waals surface area (Å²) < 4.78 is 30.8. The van der Waals surface area contributed by atoms with Crippen LogP contribution in [0.1, 0.15) is 49.8 Å². The van der Waals surface area contributed by atoms with Crippen LogP contribution in [0, 0.1) is 6.92 Å². The van der Waals surface area contributed by atoms with E-state index in [9.17, 15) is 5.11 Å². The minimum Gasteiger partial charge on any atom is -0.488 e. The Kier molecular flexibility index (Phi) is 4.27. The van der Waals surface area contributed by atoms with Gasteiger partial charge in [-0.3, -0.25) is 4.57 Å². The molecule has 31 heavy (non-hydrogen) atoms. The molecule has 0 fully saturated rings.